The standard InChI is InChI=1S/C24H25FN4O4/c1-14-8-15(16-4-6-27-22(10-16)28-24(32)18-9-17(18)11-26)2-3-20(14)33-21-5-7-29(12-19(21)25)23(31)13-30/h2-4,6,8,10,17-19,21,30H,5,7,9,12-13H2,1H3,(H,27,28,32)/t17?,18?,19-,21+/m1/s1. The number of halogens is 1. The predicted octanol–water partition coefficient (Wildman–Crippen LogP) is 2.47. The Morgan fingerprint density at radius 1 is 1.33 bits per heavy atom. The summed E-state index contributed by atoms with van der Waals surface area (Å²) in [6.45, 7) is 1.49. The van der Waals surface area contributed by atoms with Crippen molar-refractivity contribution in [3.05, 3.63) is 42.1 Å². The third-order valence-electron chi connectivity index (χ3n) is 6.06. The number of aromatic nitrogens is 1. The molecular weight excluding hydrogens is 427 g/mol. The van der Waals surface area contributed by atoms with E-state index < -0.39 is 24.8 Å². The number of alkyl halides is 1. The molecule has 2 fully saturated rings. The molecule has 1 saturated heterocycles. The molecule has 4 atom stereocenters. The third kappa shape index (κ3) is 5.12. The molecule has 2 heterocycles. The Bertz CT molecular complexity index is 1100. The number of nitriles is 1. The third-order valence-corrected chi connectivity index (χ3v) is 6.06. The monoisotopic (exact) mass is 452 g/mol. The maximum Gasteiger partial charge on any atom is 0.248 e. The van der Waals surface area contributed by atoms with Crippen molar-refractivity contribution in [3.63, 3.8) is 0 Å². The number of carbonyl (C=O) groups is 2. The van der Waals surface area contributed by atoms with Gasteiger partial charge in [0.2, 0.25) is 11.8 Å². The zero-order valence-electron chi connectivity index (χ0n) is 18.2. The second-order valence-corrected chi connectivity index (χ2v) is 8.44. The minimum Gasteiger partial charge on any atom is -0.487 e. The summed E-state index contributed by atoms with van der Waals surface area (Å²) in [7, 11) is 0. The van der Waals surface area contributed by atoms with E-state index in [2.05, 4.69) is 16.4 Å². The van der Waals surface area contributed by atoms with Gasteiger partial charge in [-0.05, 0) is 54.3 Å². The number of benzene rings is 1. The van der Waals surface area contributed by atoms with Crippen LogP contribution in [-0.4, -0.2) is 58.8 Å². The summed E-state index contributed by atoms with van der Waals surface area (Å²) < 4.78 is 20.5. The van der Waals surface area contributed by atoms with Crippen LogP contribution in [0.15, 0.2) is 36.5 Å². The Morgan fingerprint density at radius 3 is 2.79 bits per heavy atom. The van der Waals surface area contributed by atoms with Crippen molar-refractivity contribution >= 4 is 17.6 Å². The number of piperidine rings is 1. The van der Waals surface area contributed by atoms with Crippen molar-refractivity contribution < 1.29 is 23.8 Å². The zero-order valence-corrected chi connectivity index (χ0v) is 18.2. The second kappa shape index (κ2) is 9.55. The molecule has 172 valence electrons. The molecule has 8 nitrogen and oxygen atoms in total. The van der Waals surface area contributed by atoms with E-state index >= 15 is 0 Å². The van der Waals surface area contributed by atoms with Crippen molar-refractivity contribution in [2.75, 3.05) is 25.0 Å². The van der Waals surface area contributed by atoms with Crippen LogP contribution >= 0.6 is 0 Å². The Kier molecular flexibility index (Phi) is 6.56. The van der Waals surface area contributed by atoms with Gasteiger partial charge in [-0.2, -0.15) is 5.26 Å². The van der Waals surface area contributed by atoms with Crippen molar-refractivity contribution in [2.24, 2.45) is 11.8 Å². The average Bonchev–Trinajstić information content (AvgIpc) is 3.61. The van der Waals surface area contributed by atoms with Crippen LogP contribution in [0.25, 0.3) is 11.1 Å². The summed E-state index contributed by atoms with van der Waals surface area (Å²) in [4.78, 5) is 29.3. The van der Waals surface area contributed by atoms with Gasteiger partial charge in [-0.15, -0.1) is 0 Å². The fourth-order valence-corrected chi connectivity index (χ4v) is 3.99. The average molecular weight is 452 g/mol. The summed E-state index contributed by atoms with van der Waals surface area (Å²) in [5.41, 5.74) is 2.56. The maximum absolute atomic E-state index is 14.6. The molecule has 4 rings (SSSR count). The van der Waals surface area contributed by atoms with Crippen LogP contribution in [0.2, 0.25) is 0 Å². The number of nitrogens with zero attached hydrogens (tertiary/aromatic N) is 3. The molecule has 33 heavy (non-hydrogen) atoms. The molecule has 2 aliphatic rings. The van der Waals surface area contributed by atoms with Gasteiger partial charge in [-0.25, -0.2) is 9.37 Å². The number of hydrogen-bond acceptors (Lipinski definition) is 6. The number of hydrogen-bond donors (Lipinski definition) is 2. The van der Waals surface area contributed by atoms with Crippen molar-refractivity contribution in [3.8, 4) is 22.9 Å². The Balaban J connectivity index is 1.41. The molecule has 0 bridgehead atoms. The highest BCUT2D eigenvalue weighted by molar-refractivity contribution is 5.94. The van der Waals surface area contributed by atoms with E-state index in [1.807, 2.05) is 25.1 Å². The van der Waals surface area contributed by atoms with E-state index in [1.54, 1.807) is 18.3 Å². The molecule has 0 radical (unpaired) electrons. The molecule has 2 aromatic rings. The van der Waals surface area contributed by atoms with Gasteiger partial charge < -0.3 is 20.1 Å². The number of rotatable bonds is 6. The predicted molar refractivity (Wildman–Crippen MR) is 118 cm³/mol. The molecule has 2 unspecified atom stereocenters. The van der Waals surface area contributed by atoms with E-state index in [0.29, 0.717) is 31.0 Å². The Morgan fingerprint density at radius 2 is 2.12 bits per heavy atom. The fraction of sp³-hybridized carbons (Fsp3) is 0.417. The highest BCUT2D eigenvalue weighted by Crippen LogP contribution is 2.38. The van der Waals surface area contributed by atoms with Crippen LogP contribution in [0.5, 0.6) is 5.75 Å². The van der Waals surface area contributed by atoms with Gasteiger partial charge in [0.05, 0.1) is 24.4 Å². The number of ether oxygens (including phenoxy) is 1. The summed E-state index contributed by atoms with van der Waals surface area (Å²) in [5.74, 6) is -0.178. The summed E-state index contributed by atoms with van der Waals surface area (Å²) in [5, 5.41) is 20.6. The minimum atomic E-state index is -1.34. The van der Waals surface area contributed by atoms with Crippen LogP contribution in [0.1, 0.15) is 18.4 Å². The smallest absolute Gasteiger partial charge is 0.248 e. The highest BCUT2D eigenvalue weighted by atomic mass is 19.1. The van der Waals surface area contributed by atoms with Gasteiger partial charge in [0, 0.05) is 19.2 Å². The second-order valence-electron chi connectivity index (χ2n) is 8.44. The molecule has 2 amide bonds. The van der Waals surface area contributed by atoms with Crippen LogP contribution in [0, 0.1) is 30.1 Å². The summed E-state index contributed by atoms with van der Waals surface area (Å²) in [6, 6.07) is 11.2. The first kappa shape index (κ1) is 22.7. The summed E-state index contributed by atoms with van der Waals surface area (Å²) >= 11 is 0. The van der Waals surface area contributed by atoms with Gasteiger partial charge in [-0.3, -0.25) is 9.59 Å². The van der Waals surface area contributed by atoms with E-state index in [0.717, 1.165) is 16.7 Å². The largest absolute Gasteiger partial charge is 0.487 e. The van der Waals surface area contributed by atoms with Crippen LogP contribution < -0.4 is 10.1 Å². The molecule has 1 aliphatic carbocycles. The van der Waals surface area contributed by atoms with Crippen LogP contribution in [0.3, 0.4) is 0 Å². The first-order valence-electron chi connectivity index (χ1n) is 10.9. The van der Waals surface area contributed by atoms with Gasteiger partial charge in [0.25, 0.3) is 0 Å². The molecule has 0 spiro atoms. The lowest BCUT2D eigenvalue weighted by Crippen LogP contribution is -2.50. The lowest BCUT2D eigenvalue weighted by atomic mass is 10.0. The Hall–Kier alpha value is -3.51. The van der Waals surface area contributed by atoms with Crippen LogP contribution in [-0.2, 0) is 9.59 Å². The molecule has 2 N–H and O–H groups in total. The van der Waals surface area contributed by atoms with E-state index in [4.69, 9.17) is 15.1 Å². The van der Waals surface area contributed by atoms with Gasteiger partial charge in [0.1, 0.15) is 24.3 Å². The lowest BCUT2D eigenvalue weighted by Gasteiger charge is -2.34. The number of nitrogens with one attached hydrogen (secondary N) is 1. The topological polar surface area (TPSA) is 116 Å². The number of amides is 2. The minimum absolute atomic E-state index is 0.0946. The molecule has 9 heteroatoms. The number of anilines is 1. The molecule has 1 aliphatic heterocycles. The SMILES string of the molecule is Cc1cc(-c2ccnc(NC(=O)C3CC3C#N)c2)ccc1O[C@H]1CCN(C(=O)CO)C[C@H]1F. The van der Waals surface area contributed by atoms with Crippen molar-refractivity contribution in [1.29, 1.82) is 5.26 Å². The van der Waals surface area contributed by atoms with E-state index in [-0.39, 0.29) is 24.3 Å². The fourth-order valence-electron chi connectivity index (χ4n) is 3.99. The zero-order chi connectivity index (χ0) is 23.5. The quantitative estimate of drug-likeness (QED) is 0.696. The van der Waals surface area contributed by atoms with Gasteiger partial charge in [-0.1, -0.05) is 6.07 Å². The van der Waals surface area contributed by atoms with Crippen molar-refractivity contribution in [1.82, 2.24) is 9.88 Å². The number of pyridine rings is 1. The van der Waals surface area contributed by atoms with E-state index in [9.17, 15) is 14.0 Å². The molecular formula is C24H25FN4O4. The number of likely N-dealkylation sites (tertiary alicyclic amines) is 1. The van der Waals surface area contributed by atoms with E-state index in [1.165, 1.54) is 4.90 Å². The van der Waals surface area contributed by atoms with Gasteiger partial charge >= 0.3 is 0 Å². The number of aryl methyl sites for hydroxylation is 1. The number of carbonyl (C=O) groups excluding carboxylic acids is 2. The summed E-state index contributed by atoms with van der Waals surface area (Å²) in [6.07, 6.45) is 0.523. The first-order valence-corrected chi connectivity index (χ1v) is 10.9. The number of aliphatic hydroxyl groups excluding tert-OH is 1. The molecule has 1 saturated carbocycles. The number of aliphatic hydroxyl groups is 1. The highest BCUT2D eigenvalue weighted by Gasteiger charge is 2.43. The van der Waals surface area contributed by atoms with Gasteiger partial charge in [0.15, 0.2) is 6.17 Å². The lowest BCUT2D eigenvalue weighted by molar-refractivity contribution is -0.138. The van der Waals surface area contributed by atoms with Crippen LogP contribution in [0.4, 0.5) is 10.2 Å². The first-order chi connectivity index (χ1) is 15.9. The normalized spacial score (nSPS) is 24.0. The molecule has 1 aromatic carbocycles. The van der Waals surface area contributed by atoms with Crippen molar-refractivity contribution in [2.45, 2.75) is 32.0 Å². The molecule has 1 aromatic heterocycles. The Labute approximate surface area is 191 Å². The maximum atomic E-state index is 14.6.